The molecule has 0 saturated carbocycles. The zero-order chi connectivity index (χ0) is 18.5. The lowest BCUT2D eigenvalue weighted by molar-refractivity contribution is 0.509. The van der Waals surface area contributed by atoms with Gasteiger partial charge in [0.15, 0.2) is 6.34 Å². The molecular weight excluding hydrogens is 359 g/mol. The molecule has 0 bridgehead atoms. The fourth-order valence-electron chi connectivity index (χ4n) is 3.83. The van der Waals surface area contributed by atoms with Crippen LogP contribution in [0.25, 0.3) is 0 Å². The van der Waals surface area contributed by atoms with Crippen molar-refractivity contribution in [3.05, 3.63) is 53.6 Å². The SMILES string of the molecule is CCN(CC)[P@]1(=S)N=C2c3ccccc3CN2c2cc(N(C)C)ccc21. The molecule has 0 saturated heterocycles. The molecule has 2 aromatic carbocycles. The third-order valence-electron chi connectivity index (χ3n) is 5.27. The molecule has 0 unspecified atom stereocenters. The summed E-state index contributed by atoms with van der Waals surface area (Å²) in [4.78, 5) is 4.50. The van der Waals surface area contributed by atoms with Crippen LogP contribution in [-0.2, 0) is 18.4 Å². The van der Waals surface area contributed by atoms with E-state index in [0.717, 1.165) is 25.5 Å². The second-order valence-corrected chi connectivity index (χ2v) is 10.8. The maximum atomic E-state index is 6.30. The molecule has 4 rings (SSSR count). The van der Waals surface area contributed by atoms with Gasteiger partial charge in [-0.25, -0.2) is 4.76 Å². The molecule has 0 amide bonds. The highest BCUT2D eigenvalue weighted by Gasteiger charge is 2.39. The Labute approximate surface area is 161 Å². The predicted molar refractivity (Wildman–Crippen MR) is 117 cm³/mol. The molecule has 4 nitrogen and oxygen atoms in total. The summed E-state index contributed by atoms with van der Waals surface area (Å²) < 4.78 is 7.63. The van der Waals surface area contributed by atoms with E-state index in [1.807, 2.05) is 0 Å². The molecule has 0 N–H and O–H groups in total. The van der Waals surface area contributed by atoms with Gasteiger partial charge in [0.1, 0.15) is 5.84 Å². The molecule has 2 aliphatic heterocycles. The van der Waals surface area contributed by atoms with Gasteiger partial charge in [-0.15, -0.1) is 0 Å². The third kappa shape index (κ3) is 2.53. The van der Waals surface area contributed by atoms with Crippen molar-refractivity contribution >= 4 is 40.7 Å². The normalized spacial score (nSPS) is 20.5. The Morgan fingerprint density at radius 2 is 1.85 bits per heavy atom. The second-order valence-electron chi connectivity index (χ2n) is 6.92. The Morgan fingerprint density at radius 3 is 2.54 bits per heavy atom. The first-order chi connectivity index (χ1) is 12.5. The number of nitrogens with zero attached hydrogens (tertiary/aromatic N) is 4. The van der Waals surface area contributed by atoms with Crippen LogP contribution >= 0.6 is 6.34 Å². The molecule has 0 spiro atoms. The molecule has 1 atom stereocenters. The van der Waals surface area contributed by atoms with Crippen molar-refractivity contribution in [2.45, 2.75) is 20.4 Å². The quantitative estimate of drug-likeness (QED) is 0.748. The van der Waals surface area contributed by atoms with E-state index in [1.54, 1.807) is 0 Å². The molecule has 2 aliphatic rings. The Bertz CT molecular complexity index is 933. The van der Waals surface area contributed by atoms with Crippen LogP contribution in [0.15, 0.2) is 47.2 Å². The van der Waals surface area contributed by atoms with Crippen LogP contribution in [0, 0.1) is 0 Å². The van der Waals surface area contributed by atoms with Gasteiger partial charge >= 0.3 is 0 Å². The predicted octanol–water partition coefficient (Wildman–Crippen LogP) is 3.81. The van der Waals surface area contributed by atoms with Gasteiger partial charge in [-0.05, 0) is 23.8 Å². The van der Waals surface area contributed by atoms with E-state index in [-0.39, 0.29) is 0 Å². The van der Waals surface area contributed by atoms with E-state index in [9.17, 15) is 0 Å². The Balaban J connectivity index is 1.98. The van der Waals surface area contributed by atoms with Gasteiger partial charge in [-0.1, -0.05) is 49.9 Å². The van der Waals surface area contributed by atoms with Gasteiger partial charge < -0.3 is 9.80 Å². The van der Waals surface area contributed by atoms with Gasteiger partial charge in [-0.2, -0.15) is 0 Å². The van der Waals surface area contributed by atoms with Gasteiger partial charge in [0, 0.05) is 43.7 Å². The number of fused-ring (bicyclic) bond motifs is 5. The number of amidine groups is 1. The Morgan fingerprint density at radius 1 is 1.12 bits per heavy atom. The van der Waals surface area contributed by atoms with Gasteiger partial charge in [0.05, 0.1) is 12.2 Å². The van der Waals surface area contributed by atoms with E-state index in [2.05, 4.69) is 84.9 Å². The largest absolute Gasteiger partial charge is 0.378 e. The molecule has 136 valence electrons. The first-order valence-corrected chi connectivity index (χ1v) is 11.8. The summed E-state index contributed by atoms with van der Waals surface area (Å²) in [7, 11) is 4.16. The summed E-state index contributed by atoms with van der Waals surface area (Å²) in [5, 5.41) is 1.22. The van der Waals surface area contributed by atoms with Crippen molar-refractivity contribution in [1.82, 2.24) is 4.67 Å². The molecule has 0 radical (unpaired) electrons. The van der Waals surface area contributed by atoms with Gasteiger partial charge in [0.2, 0.25) is 0 Å². The highest BCUT2D eigenvalue weighted by Crippen LogP contribution is 2.56. The molecule has 6 heteroatoms. The lowest BCUT2D eigenvalue weighted by atomic mass is 10.1. The first kappa shape index (κ1) is 17.7. The van der Waals surface area contributed by atoms with E-state index in [4.69, 9.17) is 16.6 Å². The van der Waals surface area contributed by atoms with Crippen molar-refractivity contribution in [3.8, 4) is 0 Å². The fourth-order valence-corrected chi connectivity index (χ4v) is 7.75. The van der Waals surface area contributed by atoms with Crippen LogP contribution in [0.1, 0.15) is 25.0 Å². The minimum absolute atomic E-state index is 0.868. The van der Waals surface area contributed by atoms with Crippen LogP contribution in [0.3, 0.4) is 0 Å². The summed E-state index contributed by atoms with van der Waals surface area (Å²) in [6, 6.07) is 15.2. The molecule has 0 aromatic heterocycles. The van der Waals surface area contributed by atoms with Crippen LogP contribution in [0.2, 0.25) is 0 Å². The Hall–Kier alpha value is -1.68. The van der Waals surface area contributed by atoms with Crippen molar-refractivity contribution in [3.63, 3.8) is 0 Å². The van der Waals surface area contributed by atoms with Crippen molar-refractivity contribution in [1.29, 1.82) is 0 Å². The van der Waals surface area contributed by atoms with Crippen LogP contribution in [0.4, 0.5) is 11.4 Å². The topological polar surface area (TPSA) is 22.1 Å². The monoisotopic (exact) mass is 384 g/mol. The lowest BCUT2D eigenvalue weighted by Crippen LogP contribution is -2.37. The average molecular weight is 384 g/mol. The van der Waals surface area contributed by atoms with E-state index < -0.39 is 6.34 Å². The summed E-state index contributed by atoms with van der Waals surface area (Å²) in [5.41, 5.74) is 4.99. The minimum atomic E-state index is -2.19. The first-order valence-electron chi connectivity index (χ1n) is 9.13. The summed E-state index contributed by atoms with van der Waals surface area (Å²) >= 11 is 6.30. The summed E-state index contributed by atoms with van der Waals surface area (Å²) in [5.74, 6) is 1.05. The average Bonchev–Trinajstić information content (AvgIpc) is 3.01. The fraction of sp³-hybridized carbons (Fsp3) is 0.350. The molecule has 2 heterocycles. The van der Waals surface area contributed by atoms with Gasteiger partial charge in [-0.3, -0.25) is 4.67 Å². The summed E-state index contributed by atoms with van der Waals surface area (Å²) in [6.07, 6.45) is -2.19. The van der Waals surface area contributed by atoms with Crippen LogP contribution in [0.5, 0.6) is 0 Å². The zero-order valence-corrected chi connectivity index (χ0v) is 17.5. The number of benzene rings is 2. The molecular formula is C20H25N4PS. The van der Waals surface area contributed by atoms with Crippen LogP contribution in [-0.4, -0.2) is 37.7 Å². The zero-order valence-electron chi connectivity index (χ0n) is 15.8. The number of hydrogen-bond acceptors (Lipinski definition) is 3. The lowest BCUT2D eigenvalue weighted by Gasteiger charge is -2.38. The highest BCUT2D eigenvalue weighted by molar-refractivity contribution is 8.16. The smallest absolute Gasteiger partial charge is 0.153 e. The van der Waals surface area contributed by atoms with Crippen molar-refractivity contribution in [2.75, 3.05) is 37.0 Å². The maximum absolute atomic E-state index is 6.30. The third-order valence-corrected chi connectivity index (χ3v) is 9.59. The number of hydrogen-bond donors (Lipinski definition) is 0. The maximum Gasteiger partial charge on any atom is 0.153 e. The van der Waals surface area contributed by atoms with Gasteiger partial charge in [0.25, 0.3) is 0 Å². The summed E-state index contributed by atoms with van der Waals surface area (Å²) in [6.45, 7) is 7.07. The van der Waals surface area contributed by atoms with E-state index in [1.165, 1.54) is 27.8 Å². The number of anilines is 2. The molecule has 2 aromatic rings. The minimum Gasteiger partial charge on any atom is -0.378 e. The number of rotatable bonds is 4. The molecule has 26 heavy (non-hydrogen) atoms. The van der Waals surface area contributed by atoms with E-state index >= 15 is 0 Å². The standard InChI is InChI=1S/C20H25N4PS/c1-5-23(6-2)25(26)19-12-11-16(22(3)4)13-18(19)24-14-15-9-7-8-10-17(15)20(24)21-25/h7-13H,5-6,14H2,1-4H3/t25-/m1/s1. The highest BCUT2D eigenvalue weighted by atomic mass is 32.4. The molecule has 0 fully saturated rings. The van der Waals surface area contributed by atoms with E-state index in [0.29, 0.717) is 0 Å². The van der Waals surface area contributed by atoms with Crippen molar-refractivity contribution < 1.29 is 0 Å². The van der Waals surface area contributed by atoms with Crippen LogP contribution < -0.4 is 15.1 Å². The molecule has 0 aliphatic carbocycles. The Kier molecular flexibility index (Phi) is 4.42. The van der Waals surface area contributed by atoms with Crippen molar-refractivity contribution in [2.24, 2.45) is 4.76 Å². The second kappa shape index (κ2) is 6.49.